The van der Waals surface area contributed by atoms with Gasteiger partial charge in [-0.15, -0.1) is 0 Å². The molecule has 0 atom stereocenters. The number of anilines is 1. The summed E-state index contributed by atoms with van der Waals surface area (Å²) in [6, 6.07) is 5.48. The molecule has 1 aromatic heterocycles. The van der Waals surface area contributed by atoms with Gasteiger partial charge in [0.05, 0.1) is 5.52 Å². The molecule has 5 heteroatoms. The lowest BCUT2D eigenvalue weighted by molar-refractivity contribution is 0.101. The van der Waals surface area contributed by atoms with Crippen molar-refractivity contribution in [1.82, 2.24) is 9.97 Å². The lowest BCUT2D eigenvalue weighted by Crippen LogP contribution is -2.04. The molecular weight excluding hydrogens is 258 g/mol. The second-order valence-electron chi connectivity index (χ2n) is 3.12. The maximum atomic E-state index is 11.4. The molecule has 2 rings (SSSR count). The minimum absolute atomic E-state index is 0.111. The van der Waals surface area contributed by atoms with Crippen molar-refractivity contribution in [3.63, 3.8) is 0 Å². The zero-order chi connectivity index (χ0) is 11.0. The Morgan fingerprint density at radius 2 is 2.13 bits per heavy atom. The fourth-order valence-corrected chi connectivity index (χ4v) is 1.86. The number of fused-ring (bicyclic) bond motifs is 1. The van der Waals surface area contributed by atoms with Crippen molar-refractivity contribution in [2.45, 2.75) is 6.92 Å². The number of hydrogen-bond donors (Lipinski definition) is 1. The Bertz CT molecular complexity index is 554. The van der Waals surface area contributed by atoms with Gasteiger partial charge in [-0.1, -0.05) is 12.1 Å². The molecule has 0 saturated carbocycles. The van der Waals surface area contributed by atoms with Gasteiger partial charge in [-0.05, 0) is 22.0 Å². The van der Waals surface area contributed by atoms with Gasteiger partial charge in [-0.2, -0.15) is 0 Å². The highest BCUT2D eigenvalue weighted by atomic mass is 79.9. The fraction of sp³-hybridized carbons (Fsp3) is 0.100. The number of para-hydroxylation sites is 1. The van der Waals surface area contributed by atoms with Crippen LogP contribution in [0.25, 0.3) is 10.9 Å². The van der Waals surface area contributed by atoms with Crippen LogP contribution in [0.5, 0.6) is 0 Å². The highest BCUT2D eigenvalue weighted by Crippen LogP contribution is 2.24. The van der Waals surface area contributed by atoms with E-state index in [-0.39, 0.29) is 11.7 Å². The van der Waals surface area contributed by atoms with Crippen molar-refractivity contribution in [1.29, 1.82) is 0 Å². The molecule has 0 fully saturated rings. The number of halogens is 1. The van der Waals surface area contributed by atoms with Gasteiger partial charge in [-0.25, -0.2) is 9.97 Å². The Morgan fingerprint density at radius 3 is 2.80 bits per heavy atom. The van der Waals surface area contributed by atoms with E-state index in [9.17, 15) is 4.79 Å². The van der Waals surface area contributed by atoms with Crippen LogP contribution in [0.1, 0.15) is 17.4 Å². The van der Waals surface area contributed by atoms with Crippen molar-refractivity contribution < 1.29 is 4.79 Å². The van der Waals surface area contributed by atoms with Gasteiger partial charge in [-0.3, -0.25) is 4.79 Å². The predicted molar refractivity (Wildman–Crippen MR) is 61.7 cm³/mol. The average Bonchev–Trinajstić information content (AvgIpc) is 2.18. The number of hydrogen-bond acceptors (Lipinski definition) is 4. The molecule has 76 valence electrons. The van der Waals surface area contributed by atoms with Gasteiger partial charge in [0.1, 0.15) is 5.69 Å². The number of ketones is 1. The molecular formula is C10H8BrN3O. The van der Waals surface area contributed by atoms with Gasteiger partial charge in [0.15, 0.2) is 5.78 Å². The Balaban J connectivity index is 2.92. The molecule has 2 aromatic rings. The summed E-state index contributed by atoms with van der Waals surface area (Å²) in [5.41, 5.74) is 6.56. The van der Waals surface area contributed by atoms with Gasteiger partial charge in [0.2, 0.25) is 5.95 Å². The minimum atomic E-state index is -0.118. The quantitative estimate of drug-likeness (QED) is 0.803. The molecule has 0 amide bonds. The van der Waals surface area contributed by atoms with Gasteiger partial charge in [0, 0.05) is 16.8 Å². The van der Waals surface area contributed by atoms with Crippen molar-refractivity contribution >= 4 is 38.6 Å². The van der Waals surface area contributed by atoms with Crippen molar-refractivity contribution in [3.8, 4) is 0 Å². The van der Waals surface area contributed by atoms with E-state index in [1.165, 1.54) is 6.92 Å². The van der Waals surface area contributed by atoms with Crippen molar-refractivity contribution in [3.05, 3.63) is 28.4 Å². The molecule has 4 nitrogen and oxygen atoms in total. The summed E-state index contributed by atoms with van der Waals surface area (Å²) in [6.45, 7) is 1.46. The molecule has 0 radical (unpaired) electrons. The smallest absolute Gasteiger partial charge is 0.221 e. The second-order valence-corrected chi connectivity index (χ2v) is 3.98. The Kier molecular flexibility index (Phi) is 2.40. The normalized spacial score (nSPS) is 10.5. The minimum Gasteiger partial charge on any atom is -0.368 e. The van der Waals surface area contributed by atoms with Crippen LogP contribution in [0.2, 0.25) is 0 Å². The Morgan fingerprint density at radius 1 is 1.40 bits per heavy atom. The van der Waals surface area contributed by atoms with Crippen LogP contribution in [0.4, 0.5) is 5.95 Å². The molecule has 0 aliphatic heterocycles. The number of nitrogens with two attached hydrogens (primary N) is 1. The summed E-state index contributed by atoms with van der Waals surface area (Å²) in [4.78, 5) is 19.4. The highest BCUT2D eigenvalue weighted by molar-refractivity contribution is 9.10. The van der Waals surface area contributed by atoms with Crippen molar-refractivity contribution in [2.24, 2.45) is 0 Å². The van der Waals surface area contributed by atoms with E-state index in [1.54, 1.807) is 6.07 Å². The highest BCUT2D eigenvalue weighted by Gasteiger charge is 2.11. The van der Waals surface area contributed by atoms with Crippen LogP contribution < -0.4 is 5.73 Å². The Labute approximate surface area is 94.7 Å². The van der Waals surface area contributed by atoms with E-state index in [2.05, 4.69) is 25.9 Å². The number of nitrogens with zero attached hydrogens (tertiary/aromatic N) is 2. The lowest BCUT2D eigenvalue weighted by atomic mass is 10.1. The topological polar surface area (TPSA) is 68.9 Å². The zero-order valence-corrected chi connectivity index (χ0v) is 9.58. The summed E-state index contributed by atoms with van der Waals surface area (Å²) >= 11 is 3.36. The van der Waals surface area contributed by atoms with E-state index >= 15 is 0 Å². The van der Waals surface area contributed by atoms with E-state index < -0.39 is 0 Å². The summed E-state index contributed by atoms with van der Waals surface area (Å²) < 4.78 is 0.802. The number of Topliss-reactive ketones (excluding diaryl/α,β-unsaturated/α-hetero) is 1. The first-order chi connectivity index (χ1) is 7.09. The predicted octanol–water partition coefficient (Wildman–Crippen LogP) is 2.18. The molecule has 1 heterocycles. The van der Waals surface area contributed by atoms with E-state index in [4.69, 9.17) is 5.73 Å². The first-order valence-corrected chi connectivity index (χ1v) is 5.11. The van der Waals surface area contributed by atoms with E-state index in [1.807, 2.05) is 12.1 Å². The third-order valence-electron chi connectivity index (χ3n) is 2.03. The third-order valence-corrected chi connectivity index (χ3v) is 2.67. The van der Waals surface area contributed by atoms with Crippen LogP contribution >= 0.6 is 15.9 Å². The number of nitrogen functional groups attached to an aromatic ring is 1. The van der Waals surface area contributed by atoms with Gasteiger partial charge < -0.3 is 5.73 Å². The van der Waals surface area contributed by atoms with Gasteiger partial charge in [0.25, 0.3) is 0 Å². The van der Waals surface area contributed by atoms with Crippen LogP contribution in [-0.2, 0) is 0 Å². The SMILES string of the molecule is CC(=O)c1nc(N)nc2c(Br)cccc12. The summed E-state index contributed by atoms with van der Waals surface area (Å²) in [6.07, 6.45) is 0. The monoisotopic (exact) mass is 265 g/mol. The fourth-order valence-electron chi connectivity index (χ4n) is 1.40. The Hall–Kier alpha value is -1.49. The first kappa shape index (κ1) is 10.0. The molecule has 1 aromatic carbocycles. The van der Waals surface area contributed by atoms with E-state index in [0.29, 0.717) is 16.6 Å². The zero-order valence-electron chi connectivity index (χ0n) is 7.99. The molecule has 0 saturated heterocycles. The van der Waals surface area contributed by atoms with Crippen LogP contribution in [0.15, 0.2) is 22.7 Å². The maximum Gasteiger partial charge on any atom is 0.221 e. The van der Waals surface area contributed by atoms with Crippen LogP contribution in [0.3, 0.4) is 0 Å². The lowest BCUT2D eigenvalue weighted by Gasteiger charge is -2.04. The molecule has 0 bridgehead atoms. The number of aromatic nitrogens is 2. The number of carbonyl (C=O) groups is 1. The second kappa shape index (κ2) is 3.58. The first-order valence-electron chi connectivity index (χ1n) is 4.32. The number of rotatable bonds is 1. The standard InChI is InChI=1S/C10H8BrN3O/c1-5(15)8-6-3-2-4-7(11)9(6)14-10(12)13-8/h2-4H,1H3,(H2,12,13,14). The summed E-state index contributed by atoms with van der Waals surface area (Å²) in [7, 11) is 0. The molecule has 0 spiro atoms. The van der Waals surface area contributed by atoms with E-state index in [0.717, 1.165) is 4.47 Å². The number of carbonyl (C=O) groups excluding carboxylic acids is 1. The maximum absolute atomic E-state index is 11.4. The average molecular weight is 266 g/mol. The largest absolute Gasteiger partial charge is 0.368 e. The van der Waals surface area contributed by atoms with Crippen LogP contribution in [0, 0.1) is 0 Å². The molecule has 2 N–H and O–H groups in total. The van der Waals surface area contributed by atoms with Crippen LogP contribution in [-0.4, -0.2) is 15.8 Å². The number of benzene rings is 1. The molecule has 0 unspecified atom stereocenters. The summed E-state index contributed by atoms with van der Waals surface area (Å²) in [5, 5.41) is 0.714. The third kappa shape index (κ3) is 1.70. The molecule has 0 aliphatic carbocycles. The molecule has 15 heavy (non-hydrogen) atoms. The van der Waals surface area contributed by atoms with Crippen molar-refractivity contribution in [2.75, 3.05) is 5.73 Å². The summed E-state index contributed by atoms with van der Waals surface area (Å²) in [5.74, 6) is -0.00759. The molecule has 0 aliphatic rings. The van der Waals surface area contributed by atoms with Gasteiger partial charge >= 0.3 is 0 Å².